The van der Waals surface area contributed by atoms with Gasteiger partial charge < -0.3 is 10.8 Å². The monoisotopic (exact) mass is 224 g/mol. The van der Waals surface area contributed by atoms with E-state index in [4.69, 9.17) is 10.8 Å². The Labute approximate surface area is 92.5 Å². The van der Waals surface area contributed by atoms with Crippen LogP contribution < -0.4 is 5.73 Å². The van der Waals surface area contributed by atoms with E-state index in [2.05, 4.69) is 0 Å². The molecule has 0 bridgehead atoms. The van der Waals surface area contributed by atoms with Gasteiger partial charge in [-0.3, -0.25) is 9.69 Å². The van der Waals surface area contributed by atoms with Crippen LogP contribution in [0.5, 0.6) is 0 Å². The highest BCUT2D eigenvalue weighted by Gasteiger charge is 2.25. The zero-order chi connectivity index (χ0) is 11.7. The maximum absolute atomic E-state index is 13.4. The molecule has 0 atom stereocenters. The number of carbonyl (C=O) groups is 1. The molecule has 1 amide bonds. The lowest BCUT2D eigenvalue weighted by atomic mass is 10.1. The van der Waals surface area contributed by atoms with Crippen molar-refractivity contribution >= 4 is 5.91 Å². The van der Waals surface area contributed by atoms with Crippen molar-refractivity contribution in [2.45, 2.75) is 12.6 Å². The Kier molecular flexibility index (Phi) is 2.89. The summed E-state index contributed by atoms with van der Waals surface area (Å²) in [4.78, 5) is 12.8. The number of aliphatic hydroxyl groups is 1. The molecule has 2 rings (SSSR count). The summed E-state index contributed by atoms with van der Waals surface area (Å²) in [5.74, 6) is -0.920. The van der Waals surface area contributed by atoms with Gasteiger partial charge >= 0.3 is 0 Å². The molecule has 0 radical (unpaired) electrons. The average molecular weight is 224 g/mol. The topological polar surface area (TPSA) is 66.6 Å². The van der Waals surface area contributed by atoms with Crippen LogP contribution in [0.15, 0.2) is 18.2 Å². The minimum atomic E-state index is -0.565. The van der Waals surface area contributed by atoms with Gasteiger partial charge in [0, 0.05) is 30.8 Å². The van der Waals surface area contributed by atoms with Gasteiger partial charge in [0.1, 0.15) is 5.82 Å². The van der Waals surface area contributed by atoms with Crippen molar-refractivity contribution in [3.63, 3.8) is 0 Å². The zero-order valence-corrected chi connectivity index (χ0v) is 8.69. The van der Waals surface area contributed by atoms with Crippen LogP contribution in [-0.4, -0.2) is 35.1 Å². The van der Waals surface area contributed by atoms with Crippen LogP contribution in [0.4, 0.5) is 4.39 Å². The first kappa shape index (κ1) is 11.0. The quantitative estimate of drug-likeness (QED) is 0.765. The van der Waals surface area contributed by atoms with Gasteiger partial charge in [-0.2, -0.15) is 0 Å². The van der Waals surface area contributed by atoms with E-state index in [0.717, 1.165) is 0 Å². The molecule has 0 spiro atoms. The first-order valence-electron chi connectivity index (χ1n) is 5.05. The molecule has 4 nitrogen and oxygen atoms in total. The molecule has 1 aliphatic rings. The molecule has 1 saturated heterocycles. The molecule has 1 aromatic rings. The molecule has 1 aromatic carbocycles. The minimum Gasteiger partial charge on any atom is -0.390 e. The molecule has 0 saturated carbocycles. The highest BCUT2D eigenvalue weighted by Crippen LogP contribution is 2.17. The zero-order valence-electron chi connectivity index (χ0n) is 8.69. The Morgan fingerprint density at radius 3 is 2.81 bits per heavy atom. The van der Waals surface area contributed by atoms with Gasteiger partial charge in [0.05, 0.1) is 6.10 Å². The Morgan fingerprint density at radius 1 is 1.56 bits per heavy atom. The number of amides is 1. The fourth-order valence-electron chi connectivity index (χ4n) is 1.76. The van der Waals surface area contributed by atoms with Crippen molar-refractivity contribution in [1.29, 1.82) is 0 Å². The summed E-state index contributed by atoms with van der Waals surface area (Å²) in [5, 5.41) is 9.10. The highest BCUT2D eigenvalue weighted by molar-refractivity contribution is 5.92. The van der Waals surface area contributed by atoms with Crippen molar-refractivity contribution in [3.05, 3.63) is 35.1 Å². The van der Waals surface area contributed by atoms with Crippen LogP contribution in [0.3, 0.4) is 0 Å². The van der Waals surface area contributed by atoms with E-state index in [0.29, 0.717) is 30.8 Å². The van der Waals surface area contributed by atoms with Crippen molar-refractivity contribution in [3.8, 4) is 0 Å². The number of primary amides is 1. The minimum absolute atomic E-state index is 0.303. The lowest BCUT2D eigenvalue weighted by Gasteiger charge is -2.35. The van der Waals surface area contributed by atoms with Gasteiger partial charge in [0.2, 0.25) is 5.91 Å². The Bertz CT molecular complexity index is 416. The fourth-order valence-corrected chi connectivity index (χ4v) is 1.76. The molecule has 0 unspecified atom stereocenters. The summed E-state index contributed by atoms with van der Waals surface area (Å²) in [6.07, 6.45) is -0.317. The van der Waals surface area contributed by atoms with E-state index in [-0.39, 0.29) is 11.9 Å². The van der Waals surface area contributed by atoms with Crippen molar-refractivity contribution < 1.29 is 14.3 Å². The van der Waals surface area contributed by atoms with Crippen LogP contribution >= 0.6 is 0 Å². The van der Waals surface area contributed by atoms with Gasteiger partial charge in [-0.05, 0) is 18.2 Å². The highest BCUT2D eigenvalue weighted by atomic mass is 19.1. The molecule has 0 aromatic heterocycles. The lowest BCUT2D eigenvalue weighted by Crippen LogP contribution is -2.49. The van der Waals surface area contributed by atoms with E-state index >= 15 is 0 Å². The number of hydrogen-bond acceptors (Lipinski definition) is 3. The number of nitrogens with two attached hydrogens (primary N) is 1. The summed E-state index contributed by atoms with van der Waals surface area (Å²) in [6.45, 7) is 1.48. The SMILES string of the molecule is NC(=O)c1ccc(F)c(CN2CC(O)C2)c1. The summed E-state index contributed by atoms with van der Waals surface area (Å²) < 4.78 is 13.4. The van der Waals surface area contributed by atoms with Crippen molar-refractivity contribution in [1.82, 2.24) is 4.90 Å². The van der Waals surface area contributed by atoms with E-state index in [9.17, 15) is 9.18 Å². The summed E-state index contributed by atoms with van der Waals surface area (Å²) >= 11 is 0. The van der Waals surface area contributed by atoms with Crippen LogP contribution in [0.25, 0.3) is 0 Å². The number of carbonyl (C=O) groups excluding carboxylic acids is 1. The number of rotatable bonds is 3. The van der Waals surface area contributed by atoms with Gasteiger partial charge in [-0.15, -0.1) is 0 Å². The number of halogens is 1. The largest absolute Gasteiger partial charge is 0.390 e. The van der Waals surface area contributed by atoms with E-state index in [1.807, 2.05) is 4.90 Å². The Balaban J connectivity index is 2.12. The van der Waals surface area contributed by atoms with Crippen LogP contribution in [-0.2, 0) is 6.54 Å². The first-order valence-corrected chi connectivity index (χ1v) is 5.05. The van der Waals surface area contributed by atoms with E-state index in [1.165, 1.54) is 18.2 Å². The number of hydrogen-bond donors (Lipinski definition) is 2. The Hall–Kier alpha value is -1.46. The molecule has 86 valence electrons. The predicted octanol–water partition coefficient (Wildman–Crippen LogP) is 0.101. The smallest absolute Gasteiger partial charge is 0.248 e. The number of nitrogens with zero attached hydrogens (tertiary/aromatic N) is 1. The Morgan fingerprint density at radius 2 is 2.25 bits per heavy atom. The van der Waals surface area contributed by atoms with Gasteiger partial charge in [0.15, 0.2) is 0 Å². The normalized spacial score (nSPS) is 17.1. The van der Waals surface area contributed by atoms with E-state index in [1.54, 1.807) is 0 Å². The third kappa shape index (κ3) is 2.20. The number of benzene rings is 1. The number of aliphatic hydroxyl groups excluding tert-OH is 1. The maximum Gasteiger partial charge on any atom is 0.248 e. The van der Waals surface area contributed by atoms with Crippen LogP contribution in [0.1, 0.15) is 15.9 Å². The first-order chi connectivity index (χ1) is 7.56. The van der Waals surface area contributed by atoms with E-state index < -0.39 is 5.91 Å². The number of likely N-dealkylation sites (tertiary alicyclic amines) is 1. The molecular formula is C11H13FN2O2. The van der Waals surface area contributed by atoms with Crippen molar-refractivity contribution in [2.24, 2.45) is 5.73 Å². The number of β-amino-alcohol motifs (C(OH)–C–C–N with tert-alkyl or cyclic N) is 1. The van der Waals surface area contributed by atoms with Gasteiger partial charge in [-0.1, -0.05) is 0 Å². The van der Waals surface area contributed by atoms with Gasteiger partial charge in [-0.25, -0.2) is 4.39 Å². The lowest BCUT2D eigenvalue weighted by molar-refractivity contribution is -0.00343. The molecule has 1 heterocycles. The molecule has 3 N–H and O–H groups in total. The summed E-state index contributed by atoms with van der Waals surface area (Å²) in [6, 6.07) is 4.07. The molecule has 1 aliphatic heterocycles. The second kappa shape index (κ2) is 4.19. The molecule has 1 fully saturated rings. The third-order valence-electron chi connectivity index (χ3n) is 2.66. The molecule has 5 heteroatoms. The standard InChI is InChI=1S/C11H13FN2O2/c12-10-2-1-7(11(13)16)3-8(10)4-14-5-9(15)6-14/h1-3,9,15H,4-6H2,(H2,13,16). The molecule has 0 aliphatic carbocycles. The molecular weight excluding hydrogens is 211 g/mol. The summed E-state index contributed by atoms with van der Waals surface area (Å²) in [7, 11) is 0. The second-order valence-corrected chi connectivity index (χ2v) is 4.02. The summed E-state index contributed by atoms with van der Waals surface area (Å²) in [5.41, 5.74) is 5.85. The molecule has 16 heavy (non-hydrogen) atoms. The van der Waals surface area contributed by atoms with Gasteiger partial charge in [0.25, 0.3) is 0 Å². The maximum atomic E-state index is 13.4. The average Bonchev–Trinajstić information content (AvgIpc) is 2.18. The predicted molar refractivity (Wildman–Crippen MR) is 56.2 cm³/mol. The fraction of sp³-hybridized carbons (Fsp3) is 0.364. The van der Waals surface area contributed by atoms with Crippen molar-refractivity contribution in [2.75, 3.05) is 13.1 Å². The second-order valence-electron chi connectivity index (χ2n) is 4.02. The van der Waals surface area contributed by atoms with Crippen LogP contribution in [0, 0.1) is 5.82 Å². The third-order valence-corrected chi connectivity index (χ3v) is 2.66. The van der Waals surface area contributed by atoms with Crippen LogP contribution in [0.2, 0.25) is 0 Å².